The second kappa shape index (κ2) is 6.12. The number of aliphatic imine (C=N–C) groups is 1. The van der Waals surface area contributed by atoms with Crippen LogP contribution >= 0.6 is 0 Å². The molecule has 0 aliphatic carbocycles. The van der Waals surface area contributed by atoms with Gasteiger partial charge in [-0.05, 0) is 37.6 Å². The topological polar surface area (TPSA) is 108 Å². The van der Waals surface area contributed by atoms with Crippen LogP contribution in [-0.4, -0.2) is 25.6 Å². The lowest BCUT2D eigenvalue weighted by Crippen LogP contribution is -2.17. The Balaban J connectivity index is 1.93. The first kappa shape index (κ1) is 16.8. The quantitative estimate of drug-likeness (QED) is 0.558. The molecule has 3 heterocycles. The Kier molecular flexibility index (Phi) is 4.12. The van der Waals surface area contributed by atoms with E-state index in [-0.39, 0.29) is 5.84 Å². The zero-order chi connectivity index (χ0) is 18.2. The standard InChI is InChI=1S/C17H20FN7/c1-17(2,18)12-8-10(4-6-21-12)9-23-16(20)13-14-11(5-7-22-13)15(19)24-25(14)3/h4-8H,9H2,1-3H3,(H2,19,24)(H2,20,23). The molecule has 8 heteroatoms. The van der Waals surface area contributed by atoms with Gasteiger partial charge in [0.1, 0.15) is 17.2 Å². The van der Waals surface area contributed by atoms with E-state index < -0.39 is 5.67 Å². The van der Waals surface area contributed by atoms with Crippen LogP contribution in [0.1, 0.15) is 30.8 Å². The fraction of sp³-hybridized carbons (Fsp3) is 0.294. The van der Waals surface area contributed by atoms with E-state index in [1.54, 1.807) is 42.3 Å². The van der Waals surface area contributed by atoms with Gasteiger partial charge in [-0.1, -0.05) is 0 Å². The molecule has 0 unspecified atom stereocenters. The van der Waals surface area contributed by atoms with Crippen molar-refractivity contribution in [2.24, 2.45) is 17.8 Å². The average Bonchev–Trinajstić information content (AvgIpc) is 2.87. The maximum atomic E-state index is 14.0. The van der Waals surface area contributed by atoms with Crippen molar-refractivity contribution in [3.8, 4) is 0 Å². The molecule has 130 valence electrons. The van der Waals surface area contributed by atoms with E-state index in [0.717, 1.165) is 16.5 Å². The molecule has 25 heavy (non-hydrogen) atoms. The Morgan fingerprint density at radius 3 is 2.72 bits per heavy atom. The number of hydrogen-bond acceptors (Lipinski definition) is 5. The molecule has 0 aliphatic rings. The smallest absolute Gasteiger partial charge is 0.153 e. The molecule has 3 aromatic rings. The molecule has 0 spiro atoms. The van der Waals surface area contributed by atoms with Gasteiger partial charge in [-0.15, -0.1) is 0 Å². The van der Waals surface area contributed by atoms with E-state index >= 15 is 0 Å². The number of anilines is 1. The van der Waals surface area contributed by atoms with Gasteiger partial charge < -0.3 is 11.5 Å². The molecule has 0 radical (unpaired) electrons. The maximum Gasteiger partial charge on any atom is 0.153 e. The van der Waals surface area contributed by atoms with Gasteiger partial charge in [-0.3, -0.25) is 19.6 Å². The van der Waals surface area contributed by atoms with Crippen LogP contribution < -0.4 is 11.5 Å². The predicted molar refractivity (Wildman–Crippen MR) is 95.7 cm³/mol. The van der Waals surface area contributed by atoms with Crippen molar-refractivity contribution in [3.63, 3.8) is 0 Å². The summed E-state index contributed by atoms with van der Waals surface area (Å²) in [7, 11) is 1.77. The second-order valence-corrected chi connectivity index (χ2v) is 6.29. The number of nitrogens with two attached hydrogens (primary N) is 2. The van der Waals surface area contributed by atoms with E-state index in [9.17, 15) is 4.39 Å². The van der Waals surface area contributed by atoms with Crippen molar-refractivity contribution in [3.05, 3.63) is 47.5 Å². The van der Waals surface area contributed by atoms with E-state index in [1.165, 1.54) is 13.8 Å². The molecule has 3 aromatic heterocycles. The first-order valence-electron chi connectivity index (χ1n) is 7.79. The SMILES string of the molecule is Cn1nc(N)c2ccnc(C(N)=NCc3ccnc(C(C)(C)F)c3)c21. The monoisotopic (exact) mass is 341 g/mol. The van der Waals surface area contributed by atoms with Crippen LogP contribution in [0.4, 0.5) is 10.2 Å². The Labute approximate surface area is 144 Å². The third-order valence-corrected chi connectivity index (χ3v) is 3.89. The molecular formula is C17H20FN7. The highest BCUT2D eigenvalue weighted by Crippen LogP contribution is 2.24. The number of hydrogen-bond donors (Lipinski definition) is 2. The number of nitrogens with zero attached hydrogens (tertiary/aromatic N) is 5. The van der Waals surface area contributed by atoms with Gasteiger partial charge in [-0.25, -0.2) is 4.39 Å². The van der Waals surface area contributed by atoms with Crippen molar-refractivity contribution in [2.75, 3.05) is 5.73 Å². The summed E-state index contributed by atoms with van der Waals surface area (Å²) in [5.74, 6) is 0.685. The van der Waals surface area contributed by atoms with Crippen molar-refractivity contribution in [1.82, 2.24) is 19.7 Å². The van der Waals surface area contributed by atoms with Crippen LogP contribution in [0, 0.1) is 0 Å². The molecule has 7 nitrogen and oxygen atoms in total. The Morgan fingerprint density at radius 2 is 2.00 bits per heavy atom. The largest absolute Gasteiger partial charge is 0.382 e. The van der Waals surface area contributed by atoms with Crippen LogP contribution in [-0.2, 0) is 19.3 Å². The molecule has 0 aromatic carbocycles. The summed E-state index contributed by atoms with van der Waals surface area (Å²) < 4.78 is 15.7. The zero-order valence-electron chi connectivity index (χ0n) is 14.4. The van der Waals surface area contributed by atoms with Crippen molar-refractivity contribution < 1.29 is 4.39 Å². The lowest BCUT2D eigenvalue weighted by Gasteiger charge is -2.13. The third kappa shape index (κ3) is 3.28. The summed E-state index contributed by atoms with van der Waals surface area (Å²) in [5, 5.41) is 4.96. The van der Waals surface area contributed by atoms with Gasteiger partial charge in [0.15, 0.2) is 5.82 Å². The predicted octanol–water partition coefficient (Wildman–Crippen LogP) is 2.06. The highest BCUT2D eigenvalue weighted by Gasteiger charge is 2.20. The zero-order valence-corrected chi connectivity index (χ0v) is 14.4. The van der Waals surface area contributed by atoms with Gasteiger partial charge in [0.05, 0.1) is 17.8 Å². The number of aromatic nitrogens is 4. The number of fused-ring (bicyclic) bond motifs is 1. The number of alkyl halides is 1. The van der Waals surface area contributed by atoms with E-state index in [1.807, 2.05) is 0 Å². The lowest BCUT2D eigenvalue weighted by molar-refractivity contribution is 0.214. The first-order chi connectivity index (χ1) is 11.8. The molecule has 0 fully saturated rings. The highest BCUT2D eigenvalue weighted by atomic mass is 19.1. The Morgan fingerprint density at radius 1 is 1.28 bits per heavy atom. The summed E-state index contributed by atoms with van der Waals surface area (Å²) in [6.45, 7) is 3.23. The minimum atomic E-state index is -1.51. The number of pyridine rings is 2. The lowest BCUT2D eigenvalue weighted by atomic mass is 10.0. The molecule has 0 bridgehead atoms. The number of aryl methyl sites for hydroxylation is 1. The van der Waals surface area contributed by atoms with Gasteiger partial charge in [0.25, 0.3) is 0 Å². The number of halogens is 1. The summed E-state index contributed by atoms with van der Waals surface area (Å²) in [4.78, 5) is 12.8. The van der Waals surface area contributed by atoms with E-state index in [2.05, 4.69) is 20.1 Å². The first-order valence-corrected chi connectivity index (χ1v) is 7.79. The van der Waals surface area contributed by atoms with Gasteiger partial charge in [-0.2, -0.15) is 5.10 Å². The summed E-state index contributed by atoms with van der Waals surface area (Å²) in [6.07, 6.45) is 3.19. The molecule has 0 aliphatic heterocycles. The number of nitrogen functional groups attached to an aromatic ring is 1. The molecule has 4 N–H and O–H groups in total. The maximum absolute atomic E-state index is 14.0. The molecule has 0 atom stereocenters. The number of rotatable bonds is 4. The van der Waals surface area contributed by atoms with Gasteiger partial charge in [0, 0.05) is 24.8 Å². The minimum Gasteiger partial charge on any atom is -0.382 e. The summed E-state index contributed by atoms with van der Waals surface area (Å²) in [6, 6.07) is 5.25. The Bertz CT molecular complexity index is 953. The second-order valence-electron chi connectivity index (χ2n) is 6.29. The molecular weight excluding hydrogens is 321 g/mol. The molecule has 0 amide bonds. The highest BCUT2D eigenvalue weighted by molar-refractivity contribution is 6.07. The minimum absolute atomic E-state index is 0.270. The fourth-order valence-electron chi connectivity index (χ4n) is 2.59. The summed E-state index contributed by atoms with van der Waals surface area (Å²) >= 11 is 0. The van der Waals surface area contributed by atoms with E-state index in [0.29, 0.717) is 23.8 Å². The van der Waals surface area contributed by atoms with E-state index in [4.69, 9.17) is 11.5 Å². The number of amidine groups is 1. The molecule has 0 saturated carbocycles. The van der Waals surface area contributed by atoms with Crippen LogP contribution in [0.2, 0.25) is 0 Å². The molecule has 0 saturated heterocycles. The van der Waals surface area contributed by atoms with Crippen molar-refractivity contribution >= 4 is 22.6 Å². The van der Waals surface area contributed by atoms with Gasteiger partial charge in [0.2, 0.25) is 0 Å². The van der Waals surface area contributed by atoms with Gasteiger partial charge >= 0.3 is 0 Å². The van der Waals surface area contributed by atoms with Crippen molar-refractivity contribution in [2.45, 2.75) is 26.1 Å². The third-order valence-electron chi connectivity index (χ3n) is 3.89. The normalized spacial score (nSPS) is 12.7. The van der Waals surface area contributed by atoms with Crippen LogP contribution in [0.3, 0.4) is 0 Å². The fourth-order valence-corrected chi connectivity index (χ4v) is 2.59. The van der Waals surface area contributed by atoms with Crippen LogP contribution in [0.25, 0.3) is 10.9 Å². The van der Waals surface area contributed by atoms with Crippen LogP contribution in [0.5, 0.6) is 0 Å². The van der Waals surface area contributed by atoms with Crippen molar-refractivity contribution in [1.29, 1.82) is 0 Å². The summed E-state index contributed by atoms with van der Waals surface area (Å²) in [5.41, 5.74) is 12.9. The molecule has 3 rings (SSSR count). The average molecular weight is 341 g/mol. The van der Waals surface area contributed by atoms with Crippen LogP contribution in [0.15, 0.2) is 35.6 Å². The Hall–Kier alpha value is -3.03.